The maximum atomic E-state index is 12.0. The highest BCUT2D eigenvalue weighted by molar-refractivity contribution is 5.84. The SMILES string of the molecule is CCC(C)NC(=O)C(C)Nc1ccc(C)c(N(C)C)c1. The van der Waals surface area contributed by atoms with E-state index in [0.717, 1.165) is 17.8 Å². The molecule has 0 heterocycles. The lowest BCUT2D eigenvalue weighted by Gasteiger charge is -2.21. The monoisotopic (exact) mass is 277 g/mol. The van der Waals surface area contributed by atoms with E-state index in [1.807, 2.05) is 34.0 Å². The molecule has 2 atom stereocenters. The molecule has 0 spiro atoms. The van der Waals surface area contributed by atoms with E-state index in [-0.39, 0.29) is 18.0 Å². The largest absolute Gasteiger partial charge is 0.377 e. The molecular weight excluding hydrogens is 250 g/mol. The fourth-order valence-corrected chi connectivity index (χ4v) is 1.97. The quantitative estimate of drug-likeness (QED) is 0.840. The predicted molar refractivity (Wildman–Crippen MR) is 86.5 cm³/mol. The van der Waals surface area contributed by atoms with E-state index >= 15 is 0 Å². The molecular formula is C16H27N3O. The fraction of sp³-hybridized carbons (Fsp3) is 0.562. The highest BCUT2D eigenvalue weighted by Crippen LogP contribution is 2.22. The average Bonchev–Trinajstić information content (AvgIpc) is 2.40. The van der Waals surface area contributed by atoms with Gasteiger partial charge in [-0.15, -0.1) is 0 Å². The zero-order valence-electron chi connectivity index (χ0n) is 13.4. The number of hydrogen-bond donors (Lipinski definition) is 2. The molecule has 0 radical (unpaired) electrons. The zero-order valence-corrected chi connectivity index (χ0v) is 13.4. The third kappa shape index (κ3) is 4.44. The molecule has 4 nitrogen and oxygen atoms in total. The second-order valence-electron chi connectivity index (χ2n) is 5.58. The minimum Gasteiger partial charge on any atom is -0.377 e. The fourth-order valence-electron chi connectivity index (χ4n) is 1.97. The summed E-state index contributed by atoms with van der Waals surface area (Å²) in [6.07, 6.45) is 0.938. The maximum absolute atomic E-state index is 12.0. The van der Waals surface area contributed by atoms with Gasteiger partial charge in [-0.05, 0) is 44.9 Å². The van der Waals surface area contributed by atoms with Crippen molar-refractivity contribution in [2.45, 2.75) is 46.2 Å². The summed E-state index contributed by atoms with van der Waals surface area (Å²) in [4.78, 5) is 14.1. The van der Waals surface area contributed by atoms with Crippen molar-refractivity contribution in [2.75, 3.05) is 24.3 Å². The van der Waals surface area contributed by atoms with Crippen molar-refractivity contribution in [3.05, 3.63) is 23.8 Å². The number of benzene rings is 1. The molecule has 1 rings (SSSR count). The van der Waals surface area contributed by atoms with Crippen LogP contribution in [-0.2, 0) is 4.79 Å². The Hall–Kier alpha value is -1.71. The van der Waals surface area contributed by atoms with Crippen LogP contribution in [0.15, 0.2) is 18.2 Å². The first-order valence-electron chi connectivity index (χ1n) is 7.20. The molecule has 0 saturated carbocycles. The van der Waals surface area contributed by atoms with Crippen molar-refractivity contribution < 1.29 is 4.79 Å². The molecule has 0 aromatic heterocycles. The van der Waals surface area contributed by atoms with Gasteiger partial charge in [-0.2, -0.15) is 0 Å². The van der Waals surface area contributed by atoms with Gasteiger partial charge in [0.15, 0.2) is 0 Å². The Morgan fingerprint density at radius 2 is 1.95 bits per heavy atom. The Morgan fingerprint density at radius 3 is 2.50 bits per heavy atom. The topological polar surface area (TPSA) is 44.4 Å². The minimum absolute atomic E-state index is 0.0336. The predicted octanol–water partition coefficient (Wildman–Crippen LogP) is 2.78. The van der Waals surface area contributed by atoms with Gasteiger partial charge in [0.05, 0.1) is 0 Å². The number of anilines is 2. The van der Waals surface area contributed by atoms with Crippen molar-refractivity contribution in [2.24, 2.45) is 0 Å². The Balaban J connectivity index is 2.73. The van der Waals surface area contributed by atoms with E-state index in [2.05, 4.69) is 41.5 Å². The van der Waals surface area contributed by atoms with Crippen LogP contribution in [0.4, 0.5) is 11.4 Å². The van der Waals surface area contributed by atoms with Crippen LogP contribution in [0.5, 0.6) is 0 Å². The van der Waals surface area contributed by atoms with Gasteiger partial charge in [-0.25, -0.2) is 0 Å². The molecule has 1 amide bonds. The highest BCUT2D eigenvalue weighted by atomic mass is 16.2. The van der Waals surface area contributed by atoms with Crippen molar-refractivity contribution in [3.8, 4) is 0 Å². The Labute approximate surface area is 122 Å². The number of carbonyl (C=O) groups excluding carboxylic acids is 1. The zero-order chi connectivity index (χ0) is 15.3. The molecule has 2 N–H and O–H groups in total. The van der Waals surface area contributed by atoms with Crippen LogP contribution in [0.2, 0.25) is 0 Å². The number of nitrogens with one attached hydrogen (secondary N) is 2. The number of rotatable bonds is 6. The van der Waals surface area contributed by atoms with E-state index in [1.54, 1.807) is 0 Å². The summed E-state index contributed by atoms with van der Waals surface area (Å²) in [5.74, 6) is 0.0336. The average molecular weight is 277 g/mol. The van der Waals surface area contributed by atoms with E-state index in [9.17, 15) is 4.79 Å². The van der Waals surface area contributed by atoms with Gasteiger partial charge in [0.25, 0.3) is 0 Å². The number of aryl methyl sites for hydroxylation is 1. The first-order valence-corrected chi connectivity index (χ1v) is 7.20. The van der Waals surface area contributed by atoms with Crippen LogP contribution in [0, 0.1) is 6.92 Å². The second-order valence-corrected chi connectivity index (χ2v) is 5.58. The third-order valence-electron chi connectivity index (χ3n) is 3.47. The lowest BCUT2D eigenvalue weighted by molar-refractivity contribution is -0.122. The Morgan fingerprint density at radius 1 is 1.30 bits per heavy atom. The minimum atomic E-state index is -0.248. The van der Waals surface area contributed by atoms with E-state index in [0.29, 0.717) is 0 Å². The molecule has 112 valence electrons. The summed E-state index contributed by atoms with van der Waals surface area (Å²) in [5.41, 5.74) is 3.34. The lowest BCUT2D eigenvalue weighted by Crippen LogP contribution is -2.41. The molecule has 4 heteroatoms. The summed E-state index contributed by atoms with van der Waals surface area (Å²) in [5, 5.41) is 6.24. The van der Waals surface area contributed by atoms with Crippen LogP contribution >= 0.6 is 0 Å². The highest BCUT2D eigenvalue weighted by Gasteiger charge is 2.14. The molecule has 1 aromatic rings. The molecule has 20 heavy (non-hydrogen) atoms. The molecule has 0 aliphatic rings. The van der Waals surface area contributed by atoms with E-state index < -0.39 is 0 Å². The third-order valence-corrected chi connectivity index (χ3v) is 3.47. The normalized spacial score (nSPS) is 13.5. The summed E-state index contributed by atoms with van der Waals surface area (Å²) < 4.78 is 0. The summed E-state index contributed by atoms with van der Waals surface area (Å²) in [6.45, 7) is 8.04. The Bertz CT molecular complexity index is 457. The molecule has 2 unspecified atom stereocenters. The Kier molecular flexibility index (Phi) is 5.86. The second kappa shape index (κ2) is 7.17. The van der Waals surface area contributed by atoms with Crippen molar-refractivity contribution in [1.82, 2.24) is 5.32 Å². The van der Waals surface area contributed by atoms with Crippen LogP contribution in [-0.4, -0.2) is 32.1 Å². The van der Waals surface area contributed by atoms with Crippen LogP contribution in [0.1, 0.15) is 32.8 Å². The number of amides is 1. The molecule has 1 aromatic carbocycles. The lowest BCUT2D eigenvalue weighted by atomic mass is 10.1. The summed E-state index contributed by atoms with van der Waals surface area (Å²) in [6, 6.07) is 6.11. The molecule has 0 fully saturated rings. The maximum Gasteiger partial charge on any atom is 0.242 e. The molecule has 0 aliphatic carbocycles. The van der Waals surface area contributed by atoms with Gasteiger partial charge in [-0.3, -0.25) is 4.79 Å². The van der Waals surface area contributed by atoms with E-state index in [1.165, 1.54) is 5.56 Å². The van der Waals surface area contributed by atoms with Gasteiger partial charge in [-0.1, -0.05) is 13.0 Å². The van der Waals surface area contributed by atoms with Gasteiger partial charge in [0.2, 0.25) is 5.91 Å². The summed E-state index contributed by atoms with van der Waals surface area (Å²) >= 11 is 0. The molecule has 0 saturated heterocycles. The smallest absolute Gasteiger partial charge is 0.242 e. The van der Waals surface area contributed by atoms with Crippen molar-refractivity contribution in [1.29, 1.82) is 0 Å². The van der Waals surface area contributed by atoms with E-state index in [4.69, 9.17) is 0 Å². The number of nitrogens with zero attached hydrogens (tertiary/aromatic N) is 1. The van der Waals surface area contributed by atoms with Crippen LogP contribution in [0.25, 0.3) is 0 Å². The standard InChI is InChI=1S/C16H27N3O/c1-7-12(3)17-16(20)13(4)18-14-9-8-11(2)15(10-14)19(5)6/h8-10,12-13,18H,7H2,1-6H3,(H,17,20). The van der Waals surface area contributed by atoms with Crippen molar-refractivity contribution >= 4 is 17.3 Å². The van der Waals surface area contributed by atoms with Crippen LogP contribution in [0.3, 0.4) is 0 Å². The molecule has 0 bridgehead atoms. The van der Waals surface area contributed by atoms with Gasteiger partial charge < -0.3 is 15.5 Å². The molecule has 0 aliphatic heterocycles. The number of carbonyl (C=O) groups is 1. The van der Waals surface area contributed by atoms with Crippen molar-refractivity contribution in [3.63, 3.8) is 0 Å². The summed E-state index contributed by atoms with van der Waals surface area (Å²) in [7, 11) is 4.04. The first kappa shape index (κ1) is 16.3. The van der Waals surface area contributed by atoms with Gasteiger partial charge in [0.1, 0.15) is 6.04 Å². The van der Waals surface area contributed by atoms with Crippen LogP contribution < -0.4 is 15.5 Å². The number of hydrogen-bond acceptors (Lipinski definition) is 3. The van der Waals surface area contributed by atoms with Gasteiger partial charge >= 0.3 is 0 Å². The first-order chi connectivity index (χ1) is 9.35. The van der Waals surface area contributed by atoms with Gasteiger partial charge in [0, 0.05) is 31.5 Å².